The first-order valence-corrected chi connectivity index (χ1v) is 5.56. The lowest BCUT2D eigenvalue weighted by molar-refractivity contribution is -0.387. The van der Waals surface area contributed by atoms with Crippen LogP contribution in [-0.4, -0.2) is 14.5 Å². The van der Waals surface area contributed by atoms with Gasteiger partial charge in [-0.15, -0.1) is 0 Å². The van der Waals surface area contributed by atoms with Crippen LogP contribution in [0.15, 0.2) is 21.7 Å². The highest BCUT2D eigenvalue weighted by Crippen LogP contribution is 2.22. The average Bonchev–Trinajstić information content (AvgIpc) is 2.34. The number of nitro benzene ring substituents is 1. The molecule has 0 saturated heterocycles. The molecular weight excluding hydrogens is 257 g/mol. The van der Waals surface area contributed by atoms with E-state index in [4.69, 9.17) is 0 Å². The maximum atomic E-state index is 13.5. The Morgan fingerprint density at radius 1 is 1.42 bits per heavy atom. The molecule has 1 aromatic carbocycles. The van der Waals surface area contributed by atoms with Gasteiger partial charge in [0.25, 0.3) is 0 Å². The van der Waals surface area contributed by atoms with Crippen molar-refractivity contribution < 1.29 is 9.31 Å². The second-order valence-corrected chi connectivity index (χ2v) is 3.99. The molecule has 0 bridgehead atoms. The van der Waals surface area contributed by atoms with Crippen molar-refractivity contribution in [3.05, 3.63) is 48.8 Å². The Morgan fingerprint density at radius 3 is 2.68 bits per heavy atom. The van der Waals surface area contributed by atoms with Gasteiger partial charge in [-0.3, -0.25) is 19.7 Å². The SMILES string of the molecule is CCCn1c(=O)c(=O)[nH]c2cc(F)c([N+](=O)[O-])cc21. The molecule has 1 aromatic heterocycles. The molecule has 0 atom stereocenters. The first-order chi connectivity index (χ1) is 8.95. The van der Waals surface area contributed by atoms with E-state index in [1.54, 1.807) is 6.92 Å². The Kier molecular flexibility index (Phi) is 3.16. The van der Waals surface area contributed by atoms with E-state index in [2.05, 4.69) is 4.98 Å². The summed E-state index contributed by atoms with van der Waals surface area (Å²) in [4.78, 5) is 35.1. The van der Waals surface area contributed by atoms with Crippen LogP contribution in [0.2, 0.25) is 0 Å². The zero-order valence-electron chi connectivity index (χ0n) is 9.97. The third-order valence-corrected chi connectivity index (χ3v) is 2.69. The molecule has 0 radical (unpaired) electrons. The van der Waals surface area contributed by atoms with Gasteiger partial charge in [-0.05, 0) is 6.42 Å². The average molecular weight is 267 g/mol. The van der Waals surface area contributed by atoms with E-state index in [0.29, 0.717) is 6.42 Å². The predicted octanol–water partition coefficient (Wildman–Crippen LogP) is 1.15. The zero-order chi connectivity index (χ0) is 14.2. The molecule has 0 amide bonds. The van der Waals surface area contributed by atoms with E-state index in [9.17, 15) is 24.1 Å². The lowest BCUT2D eigenvalue weighted by Gasteiger charge is -2.08. The lowest BCUT2D eigenvalue weighted by Crippen LogP contribution is -2.36. The molecule has 1 heterocycles. The van der Waals surface area contributed by atoms with Gasteiger partial charge in [0.15, 0.2) is 0 Å². The van der Waals surface area contributed by atoms with Gasteiger partial charge in [0, 0.05) is 18.7 Å². The molecule has 100 valence electrons. The molecule has 8 heteroatoms. The van der Waals surface area contributed by atoms with Crippen LogP contribution in [0.3, 0.4) is 0 Å². The van der Waals surface area contributed by atoms with Gasteiger partial charge in [0.1, 0.15) is 0 Å². The normalized spacial score (nSPS) is 10.8. The summed E-state index contributed by atoms with van der Waals surface area (Å²) < 4.78 is 14.6. The number of hydrogen-bond acceptors (Lipinski definition) is 4. The predicted molar refractivity (Wildman–Crippen MR) is 65.7 cm³/mol. The van der Waals surface area contributed by atoms with Crippen LogP contribution >= 0.6 is 0 Å². The highest BCUT2D eigenvalue weighted by atomic mass is 19.1. The summed E-state index contributed by atoms with van der Waals surface area (Å²) >= 11 is 0. The van der Waals surface area contributed by atoms with Crippen LogP contribution in [0.25, 0.3) is 11.0 Å². The third-order valence-electron chi connectivity index (χ3n) is 2.69. The highest BCUT2D eigenvalue weighted by molar-refractivity contribution is 5.77. The van der Waals surface area contributed by atoms with Gasteiger partial charge in [-0.25, -0.2) is 0 Å². The molecular formula is C11H10FN3O4. The molecule has 0 spiro atoms. The fraction of sp³-hybridized carbons (Fsp3) is 0.273. The van der Waals surface area contributed by atoms with Crippen molar-refractivity contribution in [3.63, 3.8) is 0 Å². The maximum Gasteiger partial charge on any atom is 0.316 e. The summed E-state index contributed by atoms with van der Waals surface area (Å²) in [6.07, 6.45) is 0.559. The summed E-state index contributed by atoms with van der Waals surface area (Å²) in [5.41, 5.74) is -2.23. The Morgan fingerprint density at radius 2 is 2.11 bits per heavy atom. The summed E-state index contributed by atoms with van der Waals surface area (Å²) in [6, 6.07) is 1.80. The molecule has 0 unspecified atom stereocenters. The number of aryl methyl sites for hydroxylation is 1. The number of fused-ring (bicyclic) bond motifs is 1. The van der Waals surface area contributed by atoms with Gasteiger partial charge >= 0.3 is 16.8 Å². The first kappa shape index (κ1) is 12.9. The van der Waals surface area contributed by atoms with Crippen molar-refractivity contribution in [1.82, 2.24) is 9.55 Å². The topological polar surface area (TPSA) is 98.0 Å². The van der Waals surface area contributed by atoms with Crippen LogP contribution in [0, 0.1) is 15.9 Å². The van der Waals surface area contributed by atoms with Gasteiger partial charge < -0.3 is 9.55 Å². The number of hydrogen-bond donors (Lipinski definition) is 1. The zero-order valence-corrected chi connectivity index (χ0v) is 9.97. The van der Waals surface area contributed by atoms with E-state index in [-0.39, 0.29) is 17.6 Å². The molecule has 2 rings (SSSR count). The van der Waals surface area contributed by atoms with Crippen LogP contribution in [0.4, 0.5) is 10.1 Å². The fourth-order valence-electron chi connectivity index (χ4n) is 1.87. The van der Waals surface area contributed by atoms with Crippen molar-refractivity contribution in [2.75, 3.05) is 0 Å². The Hall–Kier alpha value is -2.51. The van der Waals surface area contributed by atoms with Crippen molar-refractivity contribution in [1.29, 1.82) is 0 Å². The smallest absolute Gasteiger partial charge is 0.316 e. The molecule has 19 heavy (non-hydrogen) atoms. The number of H-pyrrole nitrogens is 1. The van der Waals surface area contributed by atoms with E-state index in [0.717, 1.165) is 16.7 Å². The third kappa shape index (κ3) is 2.12. The minimum atomic E-state index is -1.06. The number of nitrogens with zero attached hydrogens (tertiary/aromatic N) is 2. The molecule has 0 saturated carbocycles. The monoisotopic (exact) mass is 267 g/mol. The highest BCUT2D eigenvalue weighted by Gasteiger charge is 2.18. The summed E-state index contributed by atoms with van der Waals surface area (Å²) in [7, 11) is 0. The van der Waals surface area contributed by atoms with Crippen LogP contribution in [-0.2, 0) is 6.54 Å². The summed E-state index contributed by atoms with van der Waals surface area (Å²) in [6.45, 7) is 2.01. The van der Waals surface area contributed by atoms with Crippen molar-refractivity contribution in [2.24, 2.45) is 0 Å². The van der Waals surface area contributed by atoms with Crippen molar-refractivity contribution in [2.45, 2.75) is 19.9 Å². The van der Waals surface area contributed by atoms with Gasteiger partial charge in [-0.2, -0.15) is 4.39 Å². The molecule has 2 aromatic rings. The van der Waals surface area contributed by atoms with Gasteiger partial charge in [-0.1, -0.05) is 6.92 Å². The molecule has 0 fully saturated rings. The number of aromatic amines is 1. The van der Waals surface area contributed by atoms with E-state index in [1.165, 1.54) is 0 Å². The second-order valence-electron chi connectivity index (χ2n) is 3.99. The fourth-order valence-corrected chi connectivity index (χ4v) is 1.87. The molecule has 7 nitrogen and oxygen atoms in total. The maximum absolute atomic E-state index is 13.5. The van der Waals surface area contributed by atoms with Crippen molar-refractivity contribution in [3.8, 4) is 0 Å². The minimum absolute atomic E-state index is 0.0566. The van der Waals surface area contributed by atoms with E-state index < -0.39 is 27.5 Å². The Balaban J connectivity index is 2.93. The number of rotatable bonds is 3. The molecule has 0 aliphatic carbocycles. The van der Waals surface area contributed by atoms with Crippen LogP contribution in [0.1, 0.15) is 13.3 Å². The number of aromatic nitrogens is 2. The largest absolute Gasteiger partial charge is 0.316 e. The number of nitrogens with one attached hydrogen (secondary N) is 1. The molecule has 1 N–H and O–H groups in total. The first-order valence-electron chi connectivity index (χ1n) is 5.56. The summed E-state index contributed by atoms with van der Waals surface area (Å²) in [5, 5.41) is 10.7. The molecule has 0 aliphatic rings. The Labute approximate surface area is 105 Å². The standard InChI is InChI=1S/C11H10FN3O4/c1-2-3-14-9-5-8(15(18)19)6(12)4-7(9)13-10(16)11(14)17/h4-5H,2-3H2,1H3,(H,13,16). The van der Waals surface area contributed by atoms with Crippen molar-refractivity contribution >= 4 is 16.7 Å². The minimum Gasteiger partial charge on any atom is -0.316 e. The summed E-state index contributed by atoms with van der Waals surface area (Å²) in [5.74, 6) is -1.06. The second kappa shape index (κ2) is 4.63. The van der Waals surface area contributed by atoms with Gasteiger partial charge in [0.2, 0.25) is 5.82 Å². The number of halogens is 1. The number of benzene rings is 1. The van der Waals surface area contributed by atoms with E-state index >= 15 is 0 Å². The quantitative estimate of drug-likeness (QED) is 0.512. The Bertz CT molecular complexity index is 778. The van der Waals surface area contributed by atoms with Crippen LogP contribution < -0.4 is 11.1 Å². The van der Waals surface area contributed by atoms with E-state index in [1.807, 2.05) is 0 Å². The lowest BCUT2D eigenvalue weighted by atomic mass is 10.2. The number of nitro groups is 1. The van der Waals surface area contributed by atoms with Crippen LogP contribution in [0.5, 0.6) is 0 Å². The van der Waals surface area contributed by atoms with Gasteiger partial charge in [0.05, 0.1) is 16.0 Å². The molecule has 0 aliphatic heterocycles.